The Morgan fingerprint density at radius 1 is 1.36 bits per heavy atom. The highest BCUT2D eigenvalue weighted by molar-refractivity contribution is 9.10. The van der Waals surface area contributed by atoms with Crippen molar-refractivity contribution < 1.29 is 19.0 Å². The molecular weight excluding hydrogens is 374 g/mol. The van der Waals surface area contributed by atoms with Crippen LogP contribution in [0.25, 0.3) is 10.3 Å². The Bertz CT molecular complexity index is 656. The molecule has 0 spiro atoms. The van der Waals surface area contributed by atoms with Crippen molar-refractivity contribution in [1.82, 2.24) is 0 Å². The highest BCUT2D eigenvalue weighted by Gasteiger charge is 2.14. The summed E-state index contributed by atoms with van der Waals surface area (Å²) >= 11 is 4.72. The summed E-state index contributed by atoms with van der Waals surface area (Å²) in [5.41, 5.74) is 0.450. The van der Waals surface area contributed by atoms with Crippen LogP contribution in [0.2, 0.25) is 0 Å². The van der Waals surface area contributed by atoms with Crippen molar-refractivity contribution in [2.75, 3.05) is 51.5 Å². The zero-order valence-electron chi connectivity index (χ0n) is 12.2. The Hall–Kier alpha value is -0.930. The number of anilines is 1. The first kappa shape index (κ1) is 17.4. The Kier molecular flexibility index (Phi) is 6.84. The maximum absolute atomic E-state index is 12.1. The number of methoxy groups -OCH3 is 1. The van der Waals surface area contributed by atoms with Crippen LogP contribution < -0.4 is 10.3 Å². The van der Waals surface area contributed by atoms with Gasteiger partial charge in [-0.05, 0) is 15.9 Å². The van der Waals surface area contributed by atoms with Crippen LogP contribution in [0.3, 0.4) is 0 Å². The fourth-order valence-electron chi connectivity index (χ4n) is 1.93. The number of fused-ring (bicyclic) bond motifs is 1. The lowest BCUT2D eigenvalue weighted by molar-refractivity contribution is 0.0735. The van der Waals surface area contributed by atoms with Crippen LogP contribution in [-0.2, 0) is 9.47 Å². The van der Waals surface area contributed by atoms with E-state index in [1.54, 1.807) is 12.0 Å². The molecule has 0 unspecified atom stereocenters. The van der Waals surface area contributed by atoms with Gasteiger partial charge in [0.25, 0.3) is 0 Å². The number of aliphatic hydroxyl groups excluding tert-OH is 1. The maximum atomic E-state index is 12.1. The van der Waals surface area contributed by atoms with Gasteiger partial charge >= 0.3 is 0 Å². The van der Waals surface area contributed by atoms with Crippen LogP contribution in [0.4, 0.5) is 5.88 Å². The van der Waals surface area contributed by atoms with E-state index in [-0.39, 0.29) is 12.0 Å². The number of aliphatic hydroxyl groups is 1. The molecule has 0 aliphatic heterocycles. The number of rotatable bonds is 9. The van der Waals surface area contributed by atoms with E-state index in [1.165, 1.54) is 17.4 Å². The predicted molar refractivity (Wildman–Crippen MR) is 90.1 cm³/mol. The van der Waals surface area contributed by atoms with Crippen molar-refractivity contribution in [3.8, 4) is 0 Å². The molecule has 0 saturated carbocycles. The molecule has 0 radical (unpaired) electrons. The van der Waals surface area contributed by atoms with E-state index in [1.807, 2.05) is 5.38 Å². The lowest BCUT2D eigenvalue weighted by Gasteiger charge is -2.22. The summed E-state index contributed by atoms with van der Waals surface area (Å²) in [7, 11) is 1.62. The molecule has 0 atom stereocenters. The van der Waals surface area contributed by atoms with Gasteiger partial charge in [0.2, 0.25) is 5.43 Å². The van der Waals surface area contributed by atoms with Crippen molar-refractivity contribution in [2.24, 2.45) is 0 Å². The van der Waals surface area contributed by atoms with Gasteiger partial charge in [-0.25, -0.2) is 0 Å². The van der Waals surface area contributed by atoms with Crippen LogP contribution in [0.5, 0.6) is 0 Å². The summed E-state index contributed by atoms with van der Waals surface area (Å²) in [6, 6.07) is 1.45. The molecule has 2 aromatic heterocycles. The lowest BCUT2D eigenvalue weighted by atomic mass is 10.4. The average Bonchev–Trinajstić information content (AvgIpc) is 2.88. The summed E-state index contributed by atoms with van der Waals surface area (Å²) < 4.78 is 17.5. The second kappa shape index (κ2) is 8.64. The summed E-state index contributed by atoms with van der Waals surface area (Å²) in [5, 5.41) is 11.0. The molecule has 2 heterocycles. The monoisotopic (exact) mass is 391 g/mol. The zero-order chi connectivity index (χ0) is 15.9. The molecule has 0 amide bonds. The van der Waals surface area contributed by atoms with E-state index in [0.29, 0.717) is 49.1 Å². The van der Waals surface area contributed by atoms with Crippen molar-refractivity contribution in [3.63, 3.8) is 0 Å². The molecule has 0 fully saturated rings. The molecule has 0 aromatic carbocycles. The molecule has 2 aromatic rings. The molecule has 0 saturated heterocycles. The zero-order valence-corrected chi connectivity index (χ0v) is 14.6. The highest BCUT2D eigenvalue weighted by Crippen LogP contribution is 2.30. The van der Waals surface area contributed by atoms with Gasteiger partial charge in [-0.3, -0.25) is 4.79 Å². The number of hydrogen-bond donors (Lipinski definition) is 1. The Morgan fingerprint density at radius 2 is 2.18 bits per heavy atom. The van der Waals surface area contributed by atoms with Crippen molar-refractivity contribution >= 4 is 43.4 Å². The molecular formula is C14H18BrNO5S. The van der Waals surface area contributed by atoms with Gasteiger partial charge in [-0.15, -0.1) is 11.3 Å². The van der Waals surface area contributed by atoms with Gasteiger partial charge in [-0.1, -0.05) is 0 Å². The van der Waals surface area contributed by atoms with E-state index in [4.69, 9.17) is 13.9 Å². The SMILES string of the molecule is COCCOCCN(CCO)c1cc(=O)c2scc(Br)c2o1. The molecule has 8 heteroatoms. The first-order valence-electron chi connectivity index (χ1n) is 6.80. The third-order valence-corrected chi connectivity index (χ3v) is 4.88. The van der Waals surface area contributed by atoms with Gasteiger partial charge in [0.1, 0.15) is 4.70 Å². The number of nitrogens with zero attached hydrogens (tertiary/aromatic N) is 1. The van der Waals surface area contributed by atoms with Gasteiger partial charge in [0, 0.05) is 31.6 Å². The van der Waals surface area contributed by atoms with E-state index in [9.17, 15) is 9.90 Å². The smallest absolute Gasteiger partial charge is 0.204 e. The van der Waals surface area contributed by atoms with Crippen molar-refractivity contribution in [1.29, 1.82) is 0 Å². The molecule has 122 valence electrons. The molecule has 0 aliphatic carbocycles. The highest BCUT2D eigenvalue weighted by atomic mass is 79.9. The standard InChI is InChI=1S/C14H18BrNO5S/c1-19-6-7-20-5-3-16(2-4-17)12-8-11(18)14-13(21-12)10(15)9-22-14/h8-9,17H,2-7H2,1H3. The van der Waals surface area contributed by atoms with E-state index < -0.39 is 0 Å². The van der Waals surface area contributed by atoms with Crippen LogP contribution in [-0.4, -0.2) is 51.7 Å². The van der Waals surface area contributed by atoms with E-state index in [0.717, 1.165) is 4.47 Å². The average molecular weight is 392 g/mol. The summed E-state index contributed by atoms with van der Waals surface area (Å²) in [6.45, 7) is 2.33. The molecule has 6 nitrogen and oxygen atoms in total. The van der Waals surface area contributed by atoms with Crippen LogP contribution >= 0.6 is 27.3 Å². The number of hydrogen-bond acceptors (Lipinski definition) is 7. The molecule has 1 N–H and O–H groups in total. The van der Waals surface area contributed by atoms with Crippen LogP contribution in [0.1, 0.15) is 0 Å². The van der Waals surface area contributed by atoms with Crippen LogP contribution in [0, 0.1) is 0 Å². The fraction of sp³-hybridized carbons (Fsp3) is 0.500. The molecule has 0 bridgehead atoms. The summed E-state index contributed by atoms with van der Waals surface area (Å²) in [6.07, 6.45) is 0. The Morgan fingerprint density at radius 3 is 2.91 bits per heavy atom. The predicted octanol–water partition coefficient (Wildman–Crippen LogP) is 2.08. The Labute approximate surface area is 140 Å². The third-order valence-electron chi connectivity index (χ3n) is 3.01. The van der Waals surface area contributed by atoms with Gasteiger partial charge in [0.05, 0.1) is 30.9 Å². The van der Waals surface area contributed by atoms with Gasteiger partial charge in [0.15, 0.2) is 11.5 Å². The summed E-state index contributed by atoms with van der Waals surface area (Å²) in [5.74, 6) is 0.431. The second-order valence-corrected chi connectivity index (χ2v) is 6.24. The third kappa shape index (κ3) is 4.30. The number of thiophene rings is 1. The van der Waals surface area contributed by atoms with Gasteiger partial charge in [-0.2, -0.15) is 0 Å². The van der Waals surface area contributed by atoms with Crippen molar-refractivity contribution in [2.45, 2.75) is 0 Å². The minimum Gasteiger partial charge on any atom is -0.438 e. The molecule has 22 heavy (non-hydrogen) atoms. The minimum absolute atomic E-state index is 0.0371. The first-order chi connectivity index (χ1) is 10.7. The van der Waals surface area contributed by atoms with Crippen LogP contribution in [0.15, 0.2) is 25.1 Å². The van der Waals surface area contributed by atoms with E-state index in [2.05, 4.69) is 15.9 Å². The largest absolute Gasteiger partial charge is 0.438 e. The second-order valence-electron chi connectivity index (χ2n) is 4.51. The summed E-state index contributed by atoms with van der Waals surface area (Å²) in [4.78, 5) is 13.9. The molecule has 0 aliphatic rings. The van der Waals surface area contributed by atoms with Gasteiger partial charge < -0.3 is 23.9 Å². The first-order valence-corrected chi connectivity index (χ1v) is 8.48. The normalized spacial score (nSPS) is 11.2. The maximum Gasteiger partial charge on any atom is 0.204 e. The lowest BCUT2D eigenvalue weighted by Crippen LogP contribution is -2.31. The number of ether oxygens (including phenoxy) is 2. The minimum atomic E-state index is -0.0878. The topological polar surface area (TPSA) is 72.1 Å². The van der Waals surface area contributed by atoms with E-state index >= 15 is 0 Å². The fourth-order valence-corrected chi connectivity index (χ4v) is 3.38. The van der Waals surface area contributed by atoms with Crippen molar-refractivity contribution in [3.05, 3.63) is 26.1 Å². The quantitative estimate of drug-likeness (QED) is 0.659. The Balaban J connectivity index is 2.13. The number of halogens is 1. The molecule has 2 rings (SSSR count).